The Morgan fingerprint density at radius 2 is 1.02 bits per heavy atom. The Bertz CT molecular complexity index is 2830. The second-order valence-electron chi connectivity index (χ2n) is 13.0. The third kappa shape index (κ3) is 5.01. The van der Waals surface area contributed by atoms with Crippen molar-refractivity contribution in [3.63, 3.8) is 0 Å². The highest BCUT2D eigenvalue weighted by Gasteiger charge is 2.19. The maximum Gasteiger partial charge on any atom is 0.0562 e. The van der Waals surface area contributed by atoms with Gasteiger partial charge in [0.05, 0.1) is 11.0 Å². The summed E-state index contributed by atoms with van der Waals surface area (Å²) in [6, 6.07) is 70.3. The lowest BCUT2D eigenvalue weighted by atomic mass is 9.99. The molecule has 0 bridgehead atoms. The standard InChI is InChI=1S/C48H32N2S/c1-4-13-34(14-5-1)40-20-12-21-44-48(40)42-29-28-39(32-45(42)50(44)37-17-8-3-9-18-37)49(36-15-6-2-7-16-36)38-26-23-33(24-27-38)35-25-30-47-43(31-35)41-19-10-11-22-46(41)51-47/h1-32H. The summed E-state index contributed by atoms with van der Waals surface area (Å²) in [7, 11) is 0. The topological polar surface area (TPSA) is 8.17 Å². The Kier molecular flexibility index (Phi) is 7.04. The molecule has 0 saturated heterocycles. The normalized spacial score (nSPS) is 11.5. The minimum atomic E-state index is 1.11. The summed E-state index contributed by atoms with van der Waals surface area (Å²) in [4.78, 5) is 2.36. The van der Waals surface area contributed by atoms with Crippen LogP contribution in [0.4, 0.5) is 17.1 Å². The van der Waals surface area contributed by atoms with E-state index in [1.807, 2.05) is 11.3 Å². The molecule has 2 nitrogen and oxygen atoms in total. The van der Waals surface area contributed by atoms with Crippen molar-refractivity contribution < 1.29 is 0 Å². The monoisotopic (exact) mass is 668 g/mol. The number of anilines is 3. The summed E-state index contributed by atoms with van der Waals surface area (Å²) in [6.07, 6.45) is 0. The van der Waals surface area contributed by atoms with Crippen molar-refractivity contribution in [2.24, 2.45) is 0 Å². The van der Waals surface area contributed by atoms with Crippen molar-refractivity contribution in [1.29, 1.82) is 0 Å². The summed E-state index contributed by atoms with van der Waals surface area (Å²) in [5.74, 6) is 0. The maximum atomic E-state index is 2.41. The molecule has 0 unspecified atom stereocenters. The van der Waals surface area contributed by atoms with Gasteiger partial charge in [0.25, 0.3) is 0 Å². The molecule has 0 saturated carbocycles. The van der Waals surface area contributed by atoms with Crippen LogP contribution in [-0.4, -0.2) is 4.57 Å². The van der Waals surface area contributed by atoms with Gasteiger partial charge in [-0.05, 0) is 95.1 Å². The average Bonchev–Trinajstić information content (AvgIpc) is 3.74. The van der Waals surface area contributed by atoms with Crippen LogP contribution in [0.5, 0.6) is 0 Å². The van der Waals surface area contributed by atoms with Crippen LogP contribution in [0.1, 0.15) is 0 Å². The lowest BCUT2D eigenvalue weighted by Gasteiger charge is -2.26. The van der Waals surface area contributed by atoms with Crippen LogP contribution in [0.3, 0.4) is 0 Å². The zero-order valence-corrected chi connectivity index (χ0v) is 28.6. The summed E-state index contributed by atoms with van der Waals surface area (Å²) < 4.78 is 5.07. The van der Waals surface area contributed by atoms with Crippen molar-refractivity contribution in [1.82, 2.24) is 4.57 Å². The molecule has 0 aliphatic rings. The van der Waals surface area contributed by atoms with Crippen LogP contribution in [0, 0.1) is 0 Å². The van der Waals surface area contributed by atoms with Gasteiger partial charge in [0.2, 0.25) is 0 Å². The zero-order chi connectivity index (χ0) is 33.7. The van der Waals surface area contributed by atoms with Crippen molar-refractivity contribution in [2.45, 2.75) is 0 Å². The molecule has 0 amide bonds. The Morgan fingerprint density at radius 3 is 1.82 bits per heavy atom. The number of hydrogen-bond donors (Lipinski definition) is 0. The van der Waals surface area contributed by atoms with Gasteiger partial charge in [-0.2, -0.15) is 0 Å². The smallest absolute Gasteiger partial charge is 0.0562 e. The number of hydrogen-bond acceptors (Lipinski definition) is 2. The summed E-state index contributed by atoms with van der Waals surface area (Å²) in [5, 5.41) is 5.14. The van der Waals surface area contributed by atoms with Gasteiger partial charge in [-0.1, -0.05) is 121 Å². The summed E-state index contributed by atoms with van der Waals surface area (Å²) in [5.41, 5.74) is 11.7. The SMILES string of the molecule is c1ccc(-c2cccc3c2c2ccc(N(c4ccccc4)c4ccc(-c5ccc6sc7ccccc7c6c5)cc4)cc2n3-c2ccccc2)cc1. The molecule has 240 valence electrons. The van der Waals surface area contributed by atoms with Gasteiger partial charge in [0, 0.05) is 53.7 Å². The van der Waals surface area contributed by atoms with E-state index in [0.29, 0.717) is 0 Å². The molecule has 0 aliphatic carbocycles. The van der Waals surface area contributed by atoms with Crippen molar-refractivity contribution in [3.8, 4) is 27.9 Å². The highest BCUT2D eigenvalue weighted by molar-refractivity contribution is 7.25. The first-order chi connectivity index (χ1) is 25.3. The summed E-state index contributed by atoms with van der Waals surface area (Å²) >= 11 is 1.86. The Labute approximate surface area is 300 Å². The first-order valence-electron chi connectivity index (χ1n) is 17.4. The Morgan fingerprint density at radius 1 is 0.373 bits per heavy atom. The summed E-state index contributed by atoms with van der Waals surface area (Å²) in [6.45, 7) is 0. The third-order valence-electron chi connectivity index (χ3n) is 9.98. The largest absolute Gasteiger partial charge is 0.310 e. The van der Waals surface area contributed by atoms with Crippen LogP contribution in [0.25, 0.3) is 69.9 Å². The fraction of sp³-hybridized carbons (Fsp3) is 0. The van der Waals surface area contributed by atoms with Crippen LogP contribution in [-0.2, 0) is 0 Å². The van der Waals surface area contributed by atoms with E-state index in [1.165, 1.54) is 64.2 Å². The first kappa shape index (κ1) is 29.5. The molecule has 0 fully saturated rings. The molecule has 10 aromatic rings. The second kappa shape index (κ2) is 12.2. The molecule has 0 N–H and O–H groups in total. The van der Waals surface area contributed by atoms with Gasteiger partial charge in [0.1, 0.15) is 0 Å². The first-order valence-corrected chi connectivity index (χ1v) is 18.2. The van der Waals surface area contributed by atoms with Crippen molar-refractivity contribution >= 4 is 70.4 Å². The molecule has 0 spiro atoms. The number of benzene rings is 8. The minimum absolute atomic E-state index is 1.11. The number of thiophene rings is 1. The maximum absolute atomic E-state index is 2.41. The Hall–Kier alpha value is -6.42. The van der Waals surface area contributed by atoms with Crippen LogP contribution >= 0.6 is 11.3 Å². The number of aromatic nitrogens is 1. The van der Waals surface area contributed by atoms with Crippen molar-refractivity contribution in [2.75, 3.05) is 4.90 Å². The molecule has 2 aromatic heterocycles. The van der Waals surface area contributed by atoms with E-state index in [-0.39, 0.29) is 0 Å². The van der Waals surface area contributed by atoms with Gasteiger partial charge >= 0.3 is 0 Å². The zero-order valence-electron chi connectivity index (χ0n) is 27.8. The van der Waals surface area contributed by atoms with Gasteiger partial charge in [-0.15, -0.1) is 11.3 Å². The quantitative estimate of drug-likeness (QED) is 0.171. The number of nitrogens with zero attached hydrogens (tertiary/aromatic N) is 2. The lowest BCUT2D eigenvalue weighted by Crippen LogP contribution is -2.10. The van der Waals surface area contributed by atoms with Gasteiger partial charge in [0.15, 0.2) is 0 Å². The lowest BCUT2D eigenvalue weighted by molar-refractivity contribution is 1.18. The van der Waals surface area contributed by atoms with Crippen LogP contribution < -0.4 is 4.90 Å². The van der Waals surface area contributed by atoms with Gasteiger partial charge < -0.3 is 9.47 Å². The van der Waals surface area contributed by atoms with Crippen LogP contribution in [0.2, 0.25) is 0 Å². The van der Waals surface area contributed by atoms with Gasteiger partial charge in [-0.25, -0.2) is 0 Å². The number of rotatable bonds is 6. The molecular weight excluding hydrogens is 637 g/mol. The molecule has 0 aliphatic heterocycles. The predicted octanol–water partition coefficient (Wildman–Crippen LogP) is 14.0. The molecule has 0 atom stereocenters. The van der Waals surface area contributed by atoms with E-state index in [1.54, 1.807) is 0 Å². The second-order valence-corrected chi connectivity index (χ2v) is 14.0. The molecule has 0 radical (unpaired) electrons. The van der Waals surface area contributed by atoms with E-state index < -0.39 is 0 Å². The highest BCUT2D eigenvalue weighted by atomic mass is 32.1. The Balaban J connectivity index is 1.14. The van der Waals surface area contributed by atoms with Gasteiger partial charge in [-0.3, -0.25) is 0 Å². The minimum Gasteiger partial charge on any atom is -0.310 e. The van der Waals surface area contributed by atoms with E-state index >= 15 is 0 Å². The van der Waals surface area contributed by atoms with E-state index in [4.69, 9.17) is 0 Å². The molecular formula is C48H32N2S. The highest BCUT2D eigenvalue weighted by Crippen LogP contribution is 2.43. The molecule has 3 heteroatoms. The fourth-order valence-electron chi connectivity index (χ4n) is 7.64. The molecule has 8 aromatic carbocycles. The fourth-order valence-corrected chi connectivity index (χ4v) is 8.73. The van der Waals surface area contributed by atoms with Crippen LogP contribution in [0.15, 0.2) is 194 Å². The van der Waals surface area contributed by atoms with E-state index in [2.05, 4.69) is 204 Å². The number of fused-ring (bicyclic) bond motifs is 6. The molecule has 10 rings (SSSR count). The number of para-hydroxylation sites is 2. The van der Waals surface area contributed by atoms with E-state index in [0.717, 1.165) is 22.7 Å². The predicted molar refractivity (Wildman–Crippen MR) is 219 cm³/mol. The van der Waals surface area contributed by atoms with Crippen molar-refractivity contribution in [3.05, 3.63) is 194 Å². The molecule has 51 heavy (non-hydrogen) atoms. The van der Waals surface area contributed by atoms with E-state index in [9.17, 15) is 0 Å². The molecule has 2 heterocycles. The average molecular weight is 669 g/mol. The third-order valence-corrected chi connectivity index (χ3v) is 11.1.